The van der Waals surface area contributed by atoms with Crippen molar-refractivity contribution in [2.45, 2.75) is 27.7 Å². The normalized spacial score (nSPS) is 13.5. The Morgan fingerprint density at radius 3 is 2.15 bits per heavy atom. The van der Waals surface area contributed by atoms with Crippen molar-refractivity contribution in [1.29, 1.82) is 0 Å². The highest BCUT2D eigenvalue weighted by Crippen LogP contribution is 2.32. The molecule has 3 aromatic rings. The molecule has 7 heteroatoms. The lowest BCUT2D eigenvalue weighted by molar-refractivity contribution is -0.120. The van der Waals surface area contributed by atoms with Crippen molar-refractivity contribution in [3.8, 4) is 5.75 Å². The van der Waals surface area contributed by atoms with Crippen molar-refractivity contribution < 1.29 is 19.1 Å². The number of rotatable bonds is 5. The molecule has 1 aliphatic heterocycles. The Kier molecular flexibility index (Phi) is 6.26. The number of hydrogen-bond acceptors (Lipinski definition) is 5. The van der Waals surface area contributed by atoms with Gasteiger partial charge < -0.3 is 10.1 Å². The molecule has 0 saturated carbocycles. The van der Waals surface area contributed by atoms with Crippen LogP contribution in [0.15, 0.2) is 71.4 Å². The fourth-order valence-corrected chi connectivity index (χ4v) is 3.91. The van der Waals surface area contributed by atoms with Crippen LogP contribution in [0.1, 0.15) is 32.6 Å². The maximum Gasteiger partial charge on any atom is 0.343 e. The van der Waals surface area contributed by atoms with E-state index in [2.05, 4.69) is 5.32 Å². The summed E-state index contributed by atoms with van der Waals surface area (Å²) < 4.78 is 5.50. The van der Waals surface area contributed by atoms with Gasteiger partial charge in [-0.2, -0.15) is 0 Å². The lowest BCUT2D eigenvalue weighted by Crippen LogP contribution is -2.32. The molecule has 3 aromatic carbocycles. The third-order valence-electron chi connectivity index (χ3n) is 5.56. The molecule has 1 aliphatic rings. The number of nitrogens with zero attached hydrogens (tertiary/aromatic N) is 1. The average molecular weight is 475 g/mol. The summed E-state index contributed by atoms with van der Waals surface area (Å²) in [5, 5.41) is 2.73. The number of esters is 1. The molecule has 1 N–H and O–H groups in total. The van der Waals surface area contributed by atoms with E-state index < -0.39 is 17.8 Å². The Labute approximate surface area is 202 Å². The van der Waals surface area contributed by atoms with Crippen molar-refractivity contribution in [2.75, 3.05) is 10.2 Å². The van der Waals surface area contributed by atoms with E-state index in [1.165, 1.54) is 0 Å². The fraction of sp³-hybridized carbons (Fsp3) is 0.148. The Morgan fingerprint density at radius 1 is 0.824 bits per heavy atom. The molecule has 0 radical (unpaired) electrons. The monoisotopic (exact) mass is 474 g/mol. The molecule has 0 bridgehead atoms. The van der Waals surface area contributed by atoms with Gasteiger partial charge in [-0.05, 0) is 80.8 Å². The van der Waals surface area contributed by atoms with Crippen LogP contribution in [-0.2, 0) is 9.59 Å². The van der Waals surface area contributed by atoms with Crippen LogP contribution in [0.5, 0.6) is 5.75 Å². The van der Waals surface area contributed by atoms with Gasteiger partial charge in [0, 0.05) is 5.69 Å². The van der Waals surface area contributed by atoms with Gasteiger partial charge in [-0.1, -0.05) is 41.4 Å². The van der Waals surface area contributed by atoms with Crippen molar-refractivity contribution >= 4 is 40.8 Å². The summed E-state index contributed by atoms with van der Waals surface area (Å²) in [4.78, 5) is 39.4. The number of aryl methyl sites for hydroxylation is 4. The number of anilines is 2. The van der Waals surface area contributed by atoms with Gasteiger partial charge in [-0.3, -0.25) is 9.59 Å². The predicted octanol–water partition coefficient (Wildman–Crippen LogP) is 5.58. The van der Waals surface area contributed by atoms with Crippen molar-refractivity contribution in [1.82, 2.24) is 0 Å². The lowest BCUT2D eigenvalue weighted by atomic mass is 10.1. The maximum absolute atomic E-state index is 13.1. The SMILES string of the molecule is Cc1ccc(OC(=O)c2ccc(NC3=C(Cl)C(=O)N(c4cc(C)ccc4C)C3=O)cc2)c(C)c1. The number of nitrogens with one attached hydrogen (secondary N) is 1. The molecular weight excluding hydrogens is 452 g/mol. The highest BCUT2D eigenvalue weighted by molar-refractivity contribution is 6.53. The van der Waals surface area contributed by atoms with E-state index in [0.717, 1.165) is 27.2 Å². The molecule has 0 fully saturated rings. The van der Waals surface area contributed by atoms with Crippen LogP contribution in [-0.4, -0.2) is 17.8 Å². The first-order chi connectivity index (χ1) is 16.2. The summed E-state index contributed by atoms with van der Waals surface area (Å²) >= 11 is 6.24. The highest BCUT2D eigenvalue weighted by atomic mass is 35.5. The van der Waals surface area contributed by atoms with Crippen LogP contribution in [0.4, 0.5) is 11.4 Å². The van der Waals surface area contributed by atoms with Crippen molar-refractivity contribution in [3.63, 3.8) is 0 Å². The van der Waals surface area contributed by atoms with Crippen LogP contribution in [0.3, 0.4) is 0 Å². The Morgan fingerprint density at radius 2 is 1.47 bits per heavy atom. The smallest absolute Gasteiger partial charge is 0.343 e. The van der Waals surface area contributed by atoms with Gasteiger partial charge in [-0.25, -0.2) is 9.69 Å². The van der Waals surface area contributed by atoms with Crippen molar-refractivity contribution in [3.05, 3.63) is 99.2 Å². The second-order valence-corrected chi connectivity index (χ2v) is 8.66. The minimum atomic E-state index is -0.587. The molecule has 0 spiro atoms. The van der Waals surface area contributed by atoms with Gasteiger partial charge in [0.25, 0.3) is 11.8 Å². The predicted molar refractivity (Wildman–Crippen MR) is 132 cm³/mol. The van der Waals surface area contributed by atoms with Gasteiger partial charge in [0.2, 0.25) is 0 Å². The second kappa shape index (κ2) is 9.15. The summed E-state index contributed by atoms with van der Waals surface area (Å²) in [7, 11) is 0. The summed E-state index contributed by atoms with van der Waals surface area (Å²) in [6, 6.07) is 17.5. The largest absolute Gasteiger partial charge is 0.423 e. The molecule has 0 unspecified atom stereocenters. The third kappa shape index (κ3) is 4.45. The van der Waals surface area contributed by atoms with E-state index in [4.69, 9.17) is 16.3 Å². The standard InChI is InChI=1S/C27H23ClN2O4/c1-15-6-12-22(18(4)13-15)34-27(33)19-8-10-20(11-9-19)29-24-23(28)25(31)30(26(24)32)21-14-16(2)5-7-17(21)3/h5-14,29H,1-4H3. The first-order valence-electron chi connectivity index (χ1n) is 10.7. The van der Waals surface area contributed by atoms with Crippen molar-refractivity contribution in [2.24, 2.45) is 0 Å². The zero-order valence-electron chi connectivity index (χ0n) is 19.2. The van der Waals surface area contributed by atoms with E-state index >= 15 is 0 Å². The quantitative estimate of drug-likeness (QED) is 0.297. The maximum atomic E-state index is 13.1. The van der Waals surface area contributed by atoms with E-state index in [-0.39, 0.29) is 10.7 Å². The van der Waals surface area contributed by atoms with Crippen LogP contribution < -0.4 is 15.0 Å². The summed E-state index contributed by atoms with van der Waals surface area (Å²) in [5.74, 6) is -1.13. The summed E-state index contributed by atoms with van der Waals surface area (Å²) in [5.41, 5.74) is 4.97. The Bertz CT molecular complexity index is 1360. The minimum Gasteiger partial charge on any atom is -0.423 e. The second-order valence-electron chi connectivity index (χ2n) is 8.29. The molecule has 0 aliphatic carbocycles. The number of imide groups is 1. The highest BCUT2D eigenvalue weighted by Gasteiger charge is 2.39. The molecule has 6 nitrogen and oxygen atoms in total. The van der Waals surface area contributed by atoms with E-state index in [1.807, 2.05) is 52.0 Å². The van der Waals surface area contributed by atoms with Crippen LogP contribution in [0.25, 0.3) is 0 Å². The van der Waals surface area contributed by atoms with Crippen LogP contribution in [0, 0.1) is 27.7 Å². The Balaban J connectivity index is 1.50. The molecular formula is C27H23ClN2O4. The zero-order chi connectivity index (χ0) is 24.6. The number of carbonyl (C=O) groups is 3. The molecule has 0 aromatic heterocycles. The van der Waals surface area contributed by atoms with Crippen LogP contribution in [0.2, 0.25) is 0 Å². The number of carbonyl (C=O) groups excluding carboxylic acids is 3. The Hall–Kier alpha value is -3.90. The van der Waals surface area contributed by atoms with Gasteiger partial charge >= 0.3 is 5.97 Å². The number of halogens is 1. The fourth-order valence-electron chi connectivity index (χ4n) is 3.70. The molecule has 172 valence electrons. The first-order valence-corrected chi connectivity index (χ1v) is 11.1. The summed E-state index contributed by atoms with van der Waals surface area (Å²) in [6.07, 6.45) is 0. The van der Waals surface area contributed by atoms with Gasteiger partial charge in [0.15, 0.2) is 0 Å². The number of hydrogen-bond donors (Lipinski definition) is 1. The molecule has 2 amide bonds. The molecule has 0 atom stereocenters. The average Bonchev–Trinajstić information content (AvgIpc) is 3.01. The number of ether oxygens (including phenoxy) is 1. The number of amides is 2. The topological polar surface area (TPSA) is 75.7 Å². The lowest BCUT2D eigenvalue weighted by Gasteiger charge is -2.18. The van der Waals surface area contributed by atoms with Crippen LogP contribution >= 0.6 is 11.6 Å². The molecule has 0 saturated heterocycles. The van der Waals surface area contributed by atoms with E-state index in [9.17, 15) is 14.4 Å². The van der Waals surface area contributed by atoms with E-state index in [0.29, 0.717) is 22.7 Å². The minimum absolute atomic E-state index is 0.0156. The molecule has 4 rings (SSSR count). The van der Waals surface area contributed by atoms with Gasteiger partial charge in [-0.15, -0.1) is 0 Å². The van der Waals surface area contributed by atoms with Gasteiger partial charge in [0.05, 0.1) is 11.3 Å². The number of benzene rings is 3. The van der Waals surface area contributed by atoms with E-state index in [1.54, 1.807) is 36.4 Å². The zero-order valence-corrected chi connectivity index (χ0v) is 20.0. The molecule has 34 heavy (non-hydrogen) atoms. The molecule has 1 heterocycles. The summed E-state index contributed by atoms with van der Waals surface area (Å²) in [6.45, 7) is 7.55. The van der Waals surface area contributed by atoms with Gasteiger partial charge in [0.1, 0.15) is 16.5 Å². The first kappa shape index (κ1) is 23.3. The third-order valence-corrected chi connectivity index (χ3v) is 5.91.